The van der Waals surface area contributed by atoms with Crippen LogP contribution in [-0.2, 0) is 16.6 Å². The highest BCUT2D eigenvalue weighted by molar-refractivity contribution is 5.95. The summed E-state index contributed by atoms with van der Waals surface area (Å²) in [4.78, 5) is 36.2. The molecule has 1 atom stereocenters. The number of likely N-dealkylation sites (N-methyl/N-ethyl adjacent to an activating group) is 1. The molecule has 0 aliphatic carbocycles. The molecule has 1 aromatic heterocycles. The third-order valence-corrected chi connectivity index (χ3v) is 6.39. The van der Waals surface area contributed by atoms with Crippen molar-refractivity contribution in [1.29, 1.82) is 0 Å². The number of nitrogens with zero attached hydrogens (tertiary/aromatic N) is 5. The highest BCUT2D eigenvalue weighted by Gasteiger charge is 2.34. The van der Waals surface area contributed by atoms with Crippen LogP contribution in [0.25, 0.3) is 11.0 Å². The summed E-state index contributed by atoms with van der Waals surface area (Å²) in [7, 11) is 7.10. The predicted octanol–water partition coefficient (Wildman–Crippen LogP) is 2.11. The highest BCUT2D eigenvalue weighted by atomic mass is 16.5. The first kappa shape index (κ1) is 23.6. The molecule has 2 heterocycles. The second-order valence-electron chi connectivity index (χ2n) is 8.83. The number of methoxy groups -OCH3 is 1. The average Bonchev–Trinajstić information content (AvgIpc) is 3.11. The number of hydrogen-bond donors (Lipinski definition) is 1. The van der Waals surface area contributed by atoms with E-state index in [1.807, 2.05) is 65.9 Å². The molecule has 0 unspecified atom stereocenters. The molecular formula is C25H32N6O3. The maximum absolute atomic E-state index is 13.0. The minimum absolute atomic E-state index is 0.0172. The first-order valence-electron chi connectivity index (χ1n) is 11.3. The number of amides is 2. The standard InChI is InChI=1S/C25H32N6O3/c1-17-26-21-14-18(6-11-22(21)29(17)4)27-24(32)16-31-13-12-30(15-23(31)25(33)28(2)3)19-7-9-20(34-5)10-8-19/h6-11,14,23H,12-13,15-16H2,1-5H3,(H,27,32)/t23-/m0/s1. The van der Waals surface area contributed by atoms with Crippen LogP contribution >= 0.6 is 0 Å². The number of hydrogen-bond acceptors (Lipinski definition) is 6. The lowest BCUT2D eigenvalue weighted by Crippen LogP contribution is -2.60. The minimum atomic E-state index is -0.419. The van der Waals surface area contributed by atoms with E-state index in [9.17, 15) is 9.59 Å². The number of anilines is 2. The van der Waals surface area contributed by atoms with Crippen molar-refractivity contribution >= 4 is 34.2 Å². The zero-order valence-corrected chi connectivity index (χ0v) is 20.4. The lowest BCUT2D eigenvalue weighted by molar-refractivity contribution is -0.135. The monoisotopic (exact) mass is 464 g/mol. The molecule has 2 aromatic carbocycles. The number of carbonyl (C=O) groups is 2. The Morgan fingerprint density at radius 3 is 2.56 bits per heavy atom. The number of carbonyl (C=O) groups excluding carboxylic acids is 2. The summed E-state index contributed by atoms with van der Waals surface area (Å²) in [5.41, 5.74) is 3.58. The Morgan fingerprint density at radius 1 is 1.15 bits per heavy atom. The van der Waals surface area contributed by atoms with Gasteiger partial charge in [0.1, 0.15) is 17.6 Å². The Labute approximate surface area is 199 Å². The fourth-order valence-electron chi connectivity index (χ4n) is 4.35. The zero-order valence-electron chi connectivity index (χ0n) is 20.4. The van der Waals surface area contributed by atoms with Crippen molar-refractivity contribution < 1.29 is 14.3 Å². The average molecular weight is 465 g/mol. The molecule has 0 saturated carbocycles. The van der Waals surface area contributed by atoms with E-state index in [4.69, 9.17) is 4.74 Å². The van der Waals surface area contributed by atoms with Crippen LogP contribution in [0.2, 0.25) is 0 Å². The molecular weight excluding hydrogens is 432 g/mol. The molecule has 9 nitrogen and oxygen atoms in total. The number of nitrogens with one attached hydrogen (secondary N) is 1. The molecule has 9 heteroatoms. The summed E-state index contributed by atoms with van der Waals surface area (Å²) in [6.07, 6.45) is 0. The molecule has 180 valence electrons. The van der Waals surface area contributed by atoms with Gasteiger partial charge in [-0.15, -0.1) is 0 Å². The highest BCUT2D eigenvalue weighted by Crippen LogP contribution is 2.23. The van der Waals surface area contributed by atoms with Gasteiger partial charge in [0.05, 0.1) is 24.7 Å². The van der Waals surface area contributed by atoms with Crippen LogP contribution in [0.5, 0.6) is 5.75 Å². The molecule has 2 amide bonds. The van der Waals surface area contributed by atoms with E-state index >= 15 is 0 Å². The van der Waals surface area contributed by atoms with Crippen LogP contribution in [0.1, 0.15) is 5.82 Å². The van der Waals surface area contributed by atoms with Gasteiger partial charge in [-0.3, -0.25) is 14.5 Å². The largest absolute Gasteiger partial charge is 0.497 e. The second-order valence-corrected chi connectivity index (χ2v) is 8.83. The van der Waals surface area contributed by atoms with E-state index in [0.717, 1.165) is 34.8 Å². The third kappa shape index (κ3) is 4.84. The summed E-state index contributed by atoms with van der Waals surface area (Å²) in [5, 5.41) is 2.97. The number of fused-ring (bicyclic) bond motifs is 1. The zero-order chi connectivity index (χ0) is 24.4. The van der Waals surface area contributed by atoms with E-state index in [-0.39, 0.29) is 18.4 Å². The number of rotatable bonds is 6. The molecule has 0 radical (unpaired) electrons. The van der Waals surface area contributed by atoms with E-state index in [1.165, 1.54) is 0 Å². The first-order valence-corrected chi connectivity index (χ1v) is 11.3. The minimum Gasteiger partial charge on any atom is -0.497 e. The van der Waals surface area contributed by atoms with Crippen LogP contribution in [-0.4, -0.2) is 84.6 Å². The number of benzene rings is 2. The van der Waals surface area contributed by atoms with Gasteiger partial charge in [-0.25, -0.2) is 4.98 Å². The fraction of sp³-hybridized carbons (Fsp3) is 0.400. The topological polar surface area (TPSA) is 82.9 Å². The van der Waals surface area contributed by atoms with Crippen LogP contribution < -0.4 is 15.0 Å². The third-order valence-electron chi connectivity index (χ3n) is 6.39. The maximum Gasteiger partial charge on any atom is 0.241 e. The van der Waals surface area contributed by atoms with Crippen LogP contribution in [0.15, 0.2) is 42.5 Å². The Kier molecular flexibility index (Phi) is 6.74. The van der Waals surface area contributed by atoms with Gasteiger partial charge >= 0.3 is 0 Å². The fourth-order valence-corrected chi connectivity index (χ4v) is 4.35. The van der Waals surface area contributed by atoms with Gasteiger partial charge in [0, 0.05) is 52.2 Å². The molecule has 3 aromatic rings. The van der Waals surface area contributed by atoms with Gasteiger partial charge in [-0.05, 0) is 49.4 Å². The maximum atomic E-state index is 13.0. The number of imidazole rings is 1. The molecule has 0 bridgehead atoms. The van der Waals surface area contributed by atoms with Gasteiger partial charge < -0.3 is 24.4 Å². The summed E-state index contributed by atoms with van der Waals surface area (Å²) in [6, 6.07) is 13.1. The number of aromatic nitrogens is 2. The lowest BCUT2D eigenvalue weighted by Gasteiger charge is -2.42. The number of piperazine rings is 1. The van der Waals surface area contributed by atoms with Crippen molar-refractivity contribution in [3.05, 3.63) is 48.3 Å². The molecule has 34 heavy (non-hydrogen) atoms. The van der Waals surface area contributed by atoms with E-state index < -0.39 is 6.04 Å². The second kappa shape index (κ2) is 9.72. The first-order chi connectivity index (χ1) is 16.3. The predicted molar refractivity (Wildman–Crippen MR) is 133 cm³/mol. The number of aryl methyl sites for hydroxylation is 2. The molecule has 1 fully saturated rings. The Morgan fingerprint density at radius 2 is 1.88 bits per heavy atom. The van der Waals surface area contributed by atoms with Crippen molar-refractivity contribution in [2.75, 3.05) is 57.6 Å². The van der Waals surface area contributed by atoms with Crippen molar-refractivity contribution in [2.24, 2.45) is 7.05 Å². The van der Waals surface area contributed by atoms with E-state index in [2.05, 4.69) is 15.2 Å². The lowest BCUT2D eigenvalue weighted by atomic mass is 10.1. The van der Waals surface area contributed by atoms with Crippen molar-refractivity contribution in [2.45, 2.75) is 13.0 Å². The summed E-state index contributed by atoms with van der Waals surface area (Å²) >= 11 is 0. The SMILES string of the molecule is COc1ccc(N2CCN(CC(=O)Nc3ccc4c(c3)nc(C)n4C)[C@H](C(=O)N(C)C)C2)cc1. The molecule has 0 spiro atoms. The van der Waals surface area contributed by atoms with Crippen molar-refractivity contribution in [3.63, 3.8) is 0 Å². The smallest absolute Gasteiger partial charge is 0.241 e. The van der Waals surface area contributed by atoms with Gasteiger partial charge in [-0.1, -0.05) is 0 Å². The molecule has 4 rings (SSSR count). The summed E-state index contributed by atoms with van der Waals surface area (Å²) < 4.78 is 7.27. The molecule has 1 aliphatic heterocycles. The van der Waals surface area contributed by atoms with E-state index in [1.54, 1.807) is 26.1 Å². The van der Waals surface area contributed by atoms with E-state index in [0.29, 0.717) is 18.8 Å². The summed E-state index contributed by atoms with van der Waals surface area (Å²) in [6.45, 7) is 3.92. The van der Waals surface area contributed by atoms with Gasteiger partial charge in [-0.2, -0.15) is 0 Å². The van der Waals surface area contributed by atoms with Crippen LogP contribution in [0.3, 0.4) is 0 Å². The van der Waals surface area contributed by atoms with Gasteiger partial charge in [0.2, 0.25) is 11.8 Å². The van der Waals surface area contributed by atoms with Gasteiger partial charge in [0.15, 0.2) is 0 Å². The van der Waals surface area contributed by atoms with Crippen LogP contribution in [0.4, 0.5) is 11.4 Å². The molecule has 1 aliphatic rings. The quantitative estimate of drug-likeness (QED) is 0.602. The Hall–Kier alpha value is -3.59. The Bertz CT molecular complexity index is 1190. The Balaban J connectivity index is 1.46. The van der Waals surface area contributed by atoms with Gasteiger partial charge in [0.25, 0.3) is 0 Å². The summed E-state index contributed by atoms with van der Waals surface area (Å²) in [5.74, 6) is 1.54. The molecule has 1 saturated heterocycles. The molecule has 1 N–H and O–H groups in total. The van der Waals surface area contributed by atoms with Crippen molar-refractivity contribution in [1.82, 2.24) is 19.4 Å². The van der Waals surface area contributed by atoms with Crippen molar-refractivity contribution in [3.8, 4) is 5.75 Å². The number of ether oxygens (including phenoxy) is 1. The normalized spacial score (nSPS) is 16.5. The van der Waals surface area contributed by atoms with Crippen LogP contribution in [0, 0.1) is 6.92 Å².